The largest absolute Gasteiger partial charge is 0.320 e. The summed E-state index contributed by atoms with van der Waals surface area (Å²) in [6.07, 6.45) is 5.31. The topological polar surface area (TPSA) is 121 Å². The fraction of sp³-hybridized carbons (Fsp3) is 0.227. The van der Waals surface area contributed by atoms with Gasteiger partial charge in [-0.1, -0.05) is 11.6 Å². The summed E-state index contributed by atoms with van der Waals surface area (Å²) in [5.74, 6) is -1.62. The quantitative estimate of drug-likeness (QED) is 0.453. The zero-order chi connectivity index (χ0) is 23.2. The predicted molar refractivity (Wildman–Crippen MR) is 122 cm³/mol. The molecule has 0 aliphatic carbocycles. The molecule has 0 saturated carbocycles. The van der Waals surface area contributed by atoms with Crippen molar-refractivity contribution in [3.05, 3.63) is 76.7 Å². The summed E-state index contributed by atoms with van der Waals surface area (Å²) in [5.41, 5.74) is 0.834. The second-order valence-corrected chi connectivity index (χ2v) is 7.79. The zero-order valence-corrected chi connectivity index (χ0v) is 18.2. The number of hydrogen-bond donors (Lipinski definition) is 4. The highest BCUT2D eigenvalue weighted by Gasteiger charge is 2.19. The van der Waals surface area contributed by atoms with E-state index in [1.807, 2.05) is 0 Å². The molecule has 33 heavy (non-hydrogen) atoms. The molecule has 0 radical (unpaired) electrons. The monoisotopic (exact) mass is 469 g/mol. The lowest BCUT2D eigenvalue weighted by molar-refractivity contribution is 0.102. The van der Waals surface area contributed by atoms with Gasteiger partial charge in [-0.25, -0.2) is 14.4 Å². The van der Waals surface area contributed by atoms with Crippen LogP contribution in [0, 0.1) is 5.82 Å². The van der Waals surface area contributed by atoms with Crippen molar-refractivity contribution >= 4 is 34.9 Å². The number of anilines is 2. The van der Waals surface area contributed by atoms with Gasteiger partial charge in [-0.15, -0.1) is 0 Å². The summed E-state index contributed by atoms with van der Waals surface area (Å²) >= 11 is 5.80. The van der Waals surface area contributed by atoms with Crippen LogP contribution in [0.1, 0.15) is 39.0 Å². The minimum atomic E-state index is -0.645. The maximum absolute atomic E-state index is 13.9. The molecule has 1 aliphatic rings. The Morgan fingerprint density at radius 3 is 2.64 bits per heavy atom. The van der Waals surface area contributed by atoms with Crippen molar-refractivity contribution in [3.8, 4) is 0 Å². The minimum absolute atomic E-state index is 0.00554. The van der Waals surface area contributed by atoms with Gasteiger partial charge in [0.1, 0.15) is 17.3 Å². The Labute approximate surface area is 194 Å². The van der Waals surface area contributed by atoms with Crippen molar-refractivity contribution in [1.29, 1.82) is 0 Å². The average Bonchev–Trinajstić information content (AvgIpc) is 3.11. The van der Waals surface area contributed by atoms with E-state index < -0.39 is 17.6 Å². The van der Waals surface area contributed by atoms with Crippen LogP contribution in [0.2, 0.25) is 5.02 Å². The van der Waals surface area contributed by atoms with Gasteiger partial charge in [0.25, 0.3) is 11.8 Å². The maximum Gasteiger partial charge on any atom is 0.275 e. The third kappa shape index (κ3) is 5.86. The average molecular weight is 470 g/mol. The molecule has 2 aromatic heterocycles. The third-order valence-electron chi connectivity index (χ3n) is 4.97. The van der Waals surface area contributed by atoms with Crippen LogP contribution in [0.3, 0.4) is 0 Å². The van der Waals surface area contributed by atoms with Gasteiger partial charge in [0, 0.05) is 12.7 Å². The summed E-state index contributed by atoms with van der Waals surface area (Å²) in [5, 5.41) is 12.3. The predicted octanol–water partition coefficient (Wildman–Crippen LogP) is 2.79. The molecular formula is C22H21ClFN7O2. The Morgan fingerprint density at radius 1 is 1.00 bits per heavy atom. The number of carbonyl (C=O) groups is 2. The number of aromatic nitrogens is 3. The standard InChI is InChI=1S/C22H21ClFN7O2/c23-13-2-5-20(29-9-13)31-21(32)15-8-14(24)3-4-16(15)30-22(33)19-12-27-18(11-28-19)17-10-25-6-1-7-26-17/h2-5,8-9,11-12,17,25-26H,1,6-7,10H2,(H,30,33)(H,29,31,32). The van der Waals surface area contributed by atoms with E-state index in [-0.39, 0.29) is 28.8 Å². The molecule has 4 N–H and O–H groups in total. The van der Waals surface area contributed by atoms with Crippen molar-refractivity contribution in [2.45, 2.75) is 12.5 Å². The lowest BCUT2D eigenvalue weighted by Gasteiger charge is -2.15. The highest BCUT2D eigenvalue weighted by Crippen LogP contribution is 2.20. The van der Waals surface area contributed by atoms with E-state index in [1.54, 1.807) is 12.3 Å². The van der Waals surface area contributed by atoms with Crippen molar-refractivity contribution < 1.29 is 14.0 Å². The zero-order valence-electron chi connectivity index (χ0n) is 17.4. The number of halogens is 2. The van der Waals surface area contributed by atoms with E-state index in [0.717, 1.165) is 43.9 Å². The molecule has 1 saturated heterocycles. The van der Waals surface area contributed by atoms with Gasteiger partial charge in [-0.05, 0) is 49.8 Å². The first-order valence-electron chi connectivity index (χ1n) is 10.3. The Bertz CT molecular complexity index is 1130. The lowest BCUT2D eigenvalue weighted by Crippen LogP contribution is -2.28. The fourth-order valence-electron chi connectivity index (χ4n) is 3.29. The third-order valence-corrected chi connectivity index (χ3v) is 5.20. The Kier molecular flexibility index (Phi) is 7.18. The first-order valence-corrected chi connectivity index (χ1v) is 10.7. The number of rotatable bonds is 5. The van der Waals surface area contributed by atoms with Crippen LogP contribution in [0.5, 0.6) is 0 Å². The van der Waals surface area contributed by atoms with Crippen molar-refractivity contribution in [1.82, 2.24) is 25.6 Å². The van der Waals surface area contributed by atoms with Crippen LogP contribution in [-0.2, 0) is 0 Å². The molecule has 1 aromatic carbocycles. The lowest BCUT2D eigenvalue weighted by atomic mass is 10.1. The summed E-state index contributed by atoms with van der Waals surface area (Å²) < 4.78 is 13.9. The first-order chi connectivity index (χ1) is 16.0. The summed E-state index contributed by atoms with van der Waals surface area (Å²) in [7, 11) is 0. The van der Waals surface area contributed by atoms with Crippen LogP contribution in [-0.4, -0.2) is 46.4 Å². The molecule has 0 spiro atoms. The number of amides is 2. The molecule has 3 aromatic rings. The number of nitrogens with one attached hydrogen (secondary N) is 4. The van der Waals surface area contributed by atoms with Crippen LogP contribution >= 0.6 is 11.6 Å². The van der Waals surface area contributed by atoms with Crippen LogP contribution in [0.15, 0.2) is 48.9 Å². The molecule has 170 valence electrons. The van der Waals surface area contributed by atoms with Gasteiger partial charge in [0.15, 0.2) is 0 Å². The SMILES string of the molecule is O=C(Nc1ccc(F)cc1C(=O)Nc1ccc(Cl)cn1)c1cnc(C2CNCCCN2)cn1. The van der Waals surface area contributed by atoms with Gasteiger partial charge in [0.2, 0.25) is 0 Å². The molecule has 1 atom stereocenters. The molecule has 3 heterocycles. The molecule has 4 rings (SSSR count). The smallest absolute Gasteiger partial charge is 0.275 e. The summed E-state index contributed by atoms with van der Waals surface area (Å²) in [4.78, 5) is 38.0. The molecule has 0 bridgehead atoms. The van der Waals surface area contributed by atoms with Gasteiger partial charge in [0.05, 0.1) is 40.4 Å². The molecule has 9 nitrogen and oxygen atoms in total. The number of pyridine rings is 1. The number of carbonyl (C=O) groups excluding carboxylic acids is 2. The second-order valence-electron chi connectivity index (χ2n) is 7.35. The number of benzene rings is 1. The Hall–Kier alpha value is -3.47. The summed E-state index contributed by atoms with van der Waals surface area (Å²) in [6, 6.07) is 6.55. The van der Waals surface area contributed by atoms with Crippen molar-refractivity contribution in [2.24, 2.45) is 0 Å². The first kappa shape index (κ1) is 22.7. The molecule has 1 fully saturated rings. The van der Waals surface area contributed by atoms with E-state index in [9.17, 15) is 14.0 Å². The Morgan fingerprint density at radius 2 is 1.88 bits per heavy atom. The van der Waals surface area contributed by atoms with E-state index in [4.69, 9.17) is 11.6 Å². The summed E-state index contributed by atoms with van der Waals surface area (Å²) in [6.45, 7) is 2.51. The van der Waals surface area contributed by atoms with Crippen LogP contribution < -0.4 is 21.3 Å². The van der Waals surface area contributed by atoms with E-state index in [2.05, 4.69) is 36.2 Å². The highest BCUT2D eigenvalue weighted by atomic mass is 35.5. The van der Waals surface area contributed by atoms with Gasteiger partial charge in [-0.3, -0.25) is 14.6 Å². The Balaban J connectivity index is 1.48. The van der Waals surface area contributed by atoms with Gasteiger partial charge in [-0.2, -0.15) is 0 Å². The highest BCUT2D eigenvalue weighted by molar-refractivity contribution is 6.30. The van der Waals surface area contributed by atoms with E-state index >= 15 is 0 Å². The second kappa shape index (κ2) is 10.4. The molecule has 1 aliphatic heterocycles. The van der Waals surface area contributed by atoms with Crippen molar-refractivity contribution in [2.75, 3.05) is 30.3 Å². The maximum atomic E-state index is 13.9. The number of nitrogens with zero attached hydrogens (tertiary/aromatic N) is 3. The van der Waals surface area contributed by atoms with Crippen LogP contribution in [0.4, 0.5) is 15.9 Å². The molecule has 11 heteroatoms. The van der Waals surface area contributed by atoms with E-state index in [0.29, 0.717) is 5.02 Å². The molecular weight excluding hydrogens is 449 g/mol. The number of hydrogen-bond acceptors (Lipinski definition) is 7. The van der Waals surface area contributed by atoms with Crippen LogP contribution in [0.25, 0.3) is 0 Å². The van der Waals surface area contributed by atoms with E-state index in [1.165, 1.54) is 24.5 Å². The fourth-order valence-corrected chi connectivity index (χ4v) is 3.40. The minimum Gasteiger partial charge on any atom is -0.320 e. The molecule has 2 amide bonds. The van der Waals surface area contributed by atoms with Gasteiger partial charge < -0.3 is 21.3 Å². The van der Waals surface area contributed by atoms with Gasteiger partial charge >= 0.3 is 0 Å². The molecule has 1 unspecified atom stereocenters. The normalized spacial score (nSPS) is 16.0. The van der Waals surface area contributed by atoms with Crippen molar-refractivity contribution in [3.63, 3.8) is 0 Å².